The first-order valence-corrected chi connectivity index (χ1v) is 5.31. The molecule has 0 saturated heterocycles. The summed E-state index contributed by atoms with van der Waals surface area (Å²) in [6.07, 6.45) is 6.14. The number of rotatable bonds is 4. The lowest BCUT2D eigenvalue weighted by atomic mass is 9.99. The van der Waals surface area contributed by atoms with Crippen LogP contribution in [0.4, 0.5) is 0 Å². The summed E-state index contributed by atoms with van der Waals surface area (Å²) in [4.78, 5) is 11.5. The third kappa shape index (κ3) is 1.82. The van der Waals surface area contributed by atoms with Gasteiger partial charge in [-0.05, 0) is 31.1 Å². The van der Waals surface area contributed by atoms with Gasteiger partial charge in [0.05, 0.1) is 6.61 Å². The van der Waals surface area contributed by atoms with Crippen LogP contribution in [0.2, 0.25) is 0 Å². The maximum atomic E-state index is 11.5. The molecule has 14 heavy (non-hydrogen) atoms. The molecule has 0 aliphatic heterocycles. The highest BCUT2D eigenvalue weighted by molar-refractivity contribution is 5.89. The molecular weight excluding hydrogens is 180 g/mol. The van der Waals surface area contributed by atoms with Crippen molar-refractivity contribution in [2.75, 3.05) is 13.2 Å². The zero-order valence-electron chi connectivity index (χ0n) is 8.24. The Morgan fingerprint density at radius 2 is 2.43 bits per heavy atom. The van der Waals surface area contributed by atoms with Gasteiger partial charge in [-0.25, -0.2) is 4.79 Å². The minimum atomic E-state index is -0.161. The smallest absolute Gasteiger partial charge is 0.333 e. The first kappa shape index (κ1) is 9.71. The molecule has 2 aliphatic rings. The molecule has 1 fully saturated rings. The van der Waals surface area contributed by atoms with Crippen LogP contribution in [0.15, 0.2) is 11.6 Å². The zero-order chi connectivity index (χ0) is 9.97. The number of hydrogen-bond acceptors (Lipinski definition) is 3. The van der Waals surface area contributed by atoms with Gasteiger partial charge in [-0.1, -0.05) is 6.08 Å². The lowest BCUT2D eigenvalue weighted by molar-refractivity contribution is -0.139. The first-order chi connectivity index (χ1) is 6.81. The average molecular weight is 196 g/mol. The van der Waals surface area contributed by atoms with E-state index >= 15 is 0 Å². The fourth-order valence-electron chi connectivity index (χ4n) is 2.39. The topological polar surface area (TPSA) is 46.5 Å². The number of carbonyl (C=O) groups excluding carboxylic acids is 1. The summed E-state index contributed by atoms with van der Waals surface area (Å²) < 4.78 is 5.05. The molecule has 0 radical (unpaired) electrons. The van der Waals surface area contributed by atoms with Crippen LogP contribution in [0.25, 0.3) is 0 Å². The second kappa shape index (κ2) is 4.13. The lowest BCUT2D eigenvalue weighted by Gasteiger charge is -2.11. The maximum absolute atomic E-state index is 11.5. The molecule has 3 heteroatoms. The molecule has 0 aromatic rings. The Morgan fingerprint density at radius 3 is 3.00 bits per heavy atom. The summed E-state index contributed by atoms with van der Waals surface area (Å²) in [7, 11) is 0. The van der Waals surface area contributed by atoms with Gasteiger partial charge >= 0.3 is 5.97 Å². The Morgan fingerprint density at radius 1 is 1.57 bits per heavy atom. The van der Waals surface area contributed by atoms with Crippen LogP contribution >= 0.6 is 0 Å². The van der Waals surface area contributed by atoms with Crippen molar-refractivity contribution in [2.45, 2.75) is 25.7 Å². The normalized spacial score (nSPS) is 29.1. The summed E-state index contributed by atoms with van der Waals surface area (Å²) in [6.45, 7) is 0.419. The van der Waals surface area contributed by atoms with E-state index in [-0.39, 0.29) is 12.6 Å². The fraction of sp³-hybridized carbons (Fsp3) is 0.727. The number of hydrogen-bond donors (Lipinski definition) is 1. The molecule has 2 unspecified atom stereocenters. The summed E-state index contributed by atoms with van der Waals surface area (Å²) in [5.74, 6) is 0.924. The van der Waals surface area contributed by atoms with E-state index in [0.717, 1.165) is 18.4 Å². The number of aliphatic hydroxyl groups is 1. The summed E-state index contributed by atoms with van der Waals surface area (Å²) in [5.41, 5.74) is 0.888. The molecule has 0 aromatic heterocycles. The predicted octanol–water partition coefficient (Wildman–Crippen LogP) is 1.27. The largest absolute Gasteiger partial charge is 0.462 e. The molecule has 0 spiro atoms. The average Bonchev–Trinajstić information content (AvgIpc) is 2.79. The second-order valence-electron chi connectivity index (χ2n) is 4.11. The van der Waals surface area contributed by atoms with Crippen LogP contribution in [0.5, 0.6) is 0 Å². The molecule has 0 amide bonds. The van der Waals surface area contributed by atoms with Gasteiger partial charge in [0.25, 0.3) is 0 Å². The van der Waals surface area contributed by atoms with Crippen molar-refractivity contribution < 1.29 is 14.6 Å². The summed E-state index contributed by atoms with van der Waals surface area (Å²) in [6, 6.07) is 0. The molecule has 2 rings (SSSR count). The van der Waals surface area contributed by atoms with Crippen LogP contribution in [-0.2, 0) is 9.53 Å². The van der Waals surface area contributed by atoms with E-state index in [1.54, 1.807) is 0 Å². The minimum absolute atomic E-state index is 0.0817. The summed E-state index contributed by atoms with van der Waals surface area (Å²) in [5, 5.41) is 8.54. The highest BCUT2D eigenvalue weighted by atomic mass is 16.5. The Kier molecular flexibility index (Phi) is 2.87. The van der Waals surface area contributed by atoms with Crippen molar-refractivity contribution in [3.8, 4) is 0 Å². The third-order valence-electron chi connectivity index (χ3n) is 3.10. The molecule has 2 atom stereocenters. The molecule has 1 N–H and O–H groups in total. The van der Waals surface area contributed by atoms with E-state index in [1.807, 2.05) is 0 Å². The van der Waals surface area contributed by atoms with E-state index < -0.39 is 0 Å². The van der Waals surface area contributed by atoms with Gasteiger partial charge in [0.15, 0.2) is 0 Å². The highest BCUT2D eigenvalue weighted by Crippen LogP contribution is 2.43. The molecular formula is C11H16O3. The Labute approximate surface area is 83.8 Å². The van der Waals surface area contributed by atoms with E-state index in [9.17, 15) is 4.79 Å². The van der Waals surface area contributed by atoms with Gasteiger partial charge in [0.1, 0.15) is 0 Å². The van der Waals surface area contributed by atoms with Gasteiger partial charge < -0.3 is 9.84 Å². The van der Waals surface area contributed by atoms with Crippen molar-refractivity contribution in [3.05, 3.63) is 11.6 Å². The van der Waals surface area contributed by atoms with Gasteiger partial charge in [0.2, 0.25) is 0 Å². The van der Waals surface area contributed by atoms with Gasteiger partial charge in [0, 0.05) is 18.6 Å². The van der Waals surface area contributed by atoms with Crippen molar-refractivity contribution in [1.82, 2.24) is 0 Å². The van der Waals surface area contributed by atoms with Crippen molar-refractivity contribution >= 4 is 5.97 Å². The highest BCUT2D eigenvalue weighted by Gasteiger charge is 2.36. The number of fused-ring (bicyclic) bond motifs is 2. The standard InChI is InChI=1S/C11H16O3/c12-4-1-5-14-11(13)10-7-8-2-3-9(10)6-8/h7-9,12H,1-6H2. The SMILES string of the molecule is O=C(OCCCO)C1=CC2CCC1C2. The number of ether oxygens (including phenoxy) is 1. The van der Waals surface area contributed by atoms with Crippen molar-refractivity contribution in [2.24, 2.45) is 11.8 Å². The van der Waals surface area contributed by atoms with Gasteiger partial charge in [-0.2, -0.15) is 0 Å². The van der Waals surface area contributed by atoms with E-state index in [4.69, 9.17) is 9.84 Å². The number of esters is 1. The monoisotopic (exact) mass is 196 g/mol. The van der Waals surface area contributed by atoms with Crippen LogP contribution in [-0.4, -0.2) is 24.3 Å². The van der Waals surface area contributed by atoms with Crippen molar-refractivity contribution in [3.63, 3.8) is 0 Å². The molecule has 1 saturated carbocycles. The number of carbonyl (C=O) groups is 1. The summed E-state index contributed by atoms with van der Waals surface area (Å²) >= 11 is 0. The number of allylic oxidation sites excluding steroid dienone is 1. The van der Waals surface area contributed by atoms with Crippen LogP contribution < -0.4 is 0 Å². The Hall–Kier alpha value is -0.830. The molecule has 0 heterocycles. The number of aliphatic hydroxyl groups excluding tert-OH is 1. The second-order valence-corrected chi connectivity index (χ2v) is 4.11. The zero-order valence-corrected chi connectivity index (χ0v) is 8.24. The third-order valence-corrected chi connectivity index (χ3v) is 3.10. The maximum Gasteiger partial charge on any atom is 0.333 e. The van der Waals surface area contributed by atoms with Crippen LogP contribution in [0.3, 0.4) is 0 Å². The van der Waals surface area contributed by atoms with Crippen LogP contribution in [0.1, 0.15) is 25.7 Å². The van der Waals surface area contributed by atoms with E-state index in [0.29, 0.717) is 24.9 Å². The quantitative estimate of drug-likeness (QED) is 0.544. The predicted molar refractivity (Wildman–Crippen MR) is 51.6 cm³/mol. The molecule has 2 bridgehead atoms. The molecule has 2 aliphatic carbocycles. The molecule has 3 nitrogen and oxygen atoms in total. The van der Waals surface area contributed by atoms with Crippen LogP contribution in [0, 0.1) is 11.8 Å². The van der Waals surface area contributed by atoms with E-state index in [2.05, 4.69) is 6.08 Å². The fourth-order valence-corrected chi connectivity index (χ4v) is 2.39. The van der Waals surface area contributed by atoms with Crippen molar-refractivity contribution in [1.29, 1.82) is 0 Å². The van der Waals surface area contributed by atoms with Gasteiger partial charge in [-0.15, -0.1) is 0 Å². The Bertz CT molecular complexity index is 257. The molecule has 78 valence electrons. The van der Waals surface area contributed by atoms with E-state index in [1.165, 1.54) is 6.42 Å². The minimum Gasteiger partial charge on any atom is -0.462 e. The lowest BCUT2D eigenvalue weighted by Crippen LogP contribution is -2.14. The molecule has 0 aromatic carbocycles. The van der Waals surface area contributed by atoms with Gasteiger partial charge in [-0.3, -0.25) is 0 Å². The first-order valence-electron chi connectivity index (χ1n) is 5.31. The Balaban J connectivity index is 1.84.